The van der Waals surface area contributed by atoms with Crippen molar-refractivity contribution in [2.45, 2.75) is 6.04 Å². The van der Waals surface area contributed by atoms with Gasteiger partial charge in [0.2, 0.25) is 0 Å². The zero-order valence-electron chi connectivity index (χ0n) is 7.40. The van der Waals surface area contributed by atoms with Crippen molar-refractivity contribution in [1.29, 1.82) is 0 Å². The van der Waals surface area contributed by atoms with E-state index in [1.54, 1.807) is 0 Å². The molecule has 2 heterocycles. The normalized spacial score (nSPS) is 18.0. The molecule has 0 aliphatic carbocycles. The van der Waals surface area contributed by atoms with Gasteiger partial charge in [0.15, 0.2) is 11.5 Å². The van der Waals surface area contributed by atoms with Crippen molar-refractivity contribution in [3.63, 3.8) is 0 Å². The van der Waals surface area contributed by atoms with Gasteiger partial charge in [0.1, 0.15) is 5.82 Å². The summed E-state index contributed by atoms with van der Waals surface area (Å²) in [6.07, 6.45) is 2.59. The Morgan fingerprint density at radius 3 is 3.14 bits per heavy atom. The summed E-state index contributed by atoms with van der Waals surface area (Å²) in [5.41, 5.74) is 0.377. The first-order chi connectivity index (χ1) is 6.70. The molecule has 0 spiro atoms. The molecule has 1 atom stereocenters. The van der Waals surface area contributed by atoms with Crippen molar-refractivity contribution >= 4 is 12.0 Å². The SMILES string of the molecule is COC(=O)[C@@H]1C=c2cc(F)cnc2=N1. The van der Waals surface area contributed by atoms with Crippen LogP contribution in [0.1, 0.15) is 0 Å². The average Bonchev–Trinajstić information content (AvgIpc) is 2.59. The van der Waals surface area contributed by atoms with Crippen molar-refractivity contribution in [3.8, 4) is 0 Å². The maximum Gasteiger partial charge on any atom is 0.334 e. The number of nitrogens with zero attached hydrogens (tertiary/aromatic N) is 2. The molecule has 0 unspecified atom stereocenters. The first kappa shape index (κ1) is 8.80. The van der Waals surface area contributed by atoms with E-state index in [1.807, 2.05) is 0 Å². The molecule has 0 aromatic carbocycles. The largest absolute Gasteiger partial charge is 0.467 e. The van der Waals surface area contributed by atoms with Crippen LogP contribution in [-0.2, 0) is 9.53 Å². The summed E-state index contributed by atoms with van der Waals surface area (Å²) in [6.45, 7) is 0. The fourth-order valence-electron chi connectivity index (χ4n) is 1.26. The number of carbonyl (C=O) groups excluding carboxylic acids is 1. The third kappa shape index (κ3) is 1.37. The maximum atomic E-state index is 12.7. The molecular weight excluding hydrogens is 187 g/mol. The predicted octanol–water partition coefficient (Wildman–Crippen LogP) is -0.824. The van der Waals surface area contributed by atoms with E-state index in [4.69, 9.17) is 0 Å². The predicted molar refractivity (Wildman–Crippen MR) is 45.2 cm³/mol. The Kier molecular flexibility index (Phi) is 1.99. The number of fused-ring (bicyclic) bond motifs is 1. The Bertz CT molecular complexity index is 498. The number of hydrogen-bond donors (Lipinski definition) is 0. The van der Waals surface area contributed by atoms with Crippen molar-refractivity contribution in [2.75, 3.05) is 7.11 Å². The van der Waals surface area contributed by atoms with E-state index in [-0.39, 0.29) is 0 Å². The number of rotatable bonds is 1. The van der Waals surface area contributed by atoms with Crippen LogP contribution in [0, 0.1) is 5.82 Å². The van der Waals surface area contributed by atoms with E-state index < -0.39 is 17.8 Å². The molecule has 0 radical (unpaired) electrons. The van der Waals surface area contributed by atoms with E-state index >= 15 is 0 Å². The number of esters is 1. The number of carbonyl (C=O) groups is 1. The molecule has 1 aromatic rings. The number of ether oxygens (including phenoxy) is 1. The first-order valence-corrected chi connectivity index (χ1v) is 4.00. The highest BCUT2D eigenvalue weighted by Gasteiger charge is 2.18. The number of aromatic nitrogens is 1. The minimum atomic E-state index is -0.690. The highest BCUT2D eigenvalue weighted by atomic mass is 19.1. The molecule has 1 aliphatic rings. The van der Waals surface area contributed by atoms with Crippen LogP contribution in [-0.4, -0.2) is 24.1 Å². The van der Waals surface area contributed by atoms with Crippen LogP contribution in [0.3, 0.4) is 0 Å². The number of hydrogen-bond acceptors (Lipinski definition) is 4. The number of pyridine rings is 1. The molecule has 0 N–H and O–H groups in total. The summed E-state index contributed by atoms with van der Waals surface area (Å²) in [6, 6.07) is 0.596. The molecule has 0 bridgehead atoms. The highest BCUT2D eigenvalue weighted by Crippen LogP contribution is 1.98. The van der Waals surface area contributed by atoms with Crippen LogP contribution < -0.4 is 10.7 Å². The van der Waals surface area contributed by atoms with Gasteiger partial charge in [0.05, 0.1) is 13.3 Å². The minimum Gasteiger partial charge on any atom is -0.467 e. The molecule has 0 saturated heterocycles. The zero-order chi connectivity index (χ0) is 10.1. The molecule has 14 heavy (non-hydrogen) atoms. The molecule has 72 valence electrons. The van der Waals surface area contributed by atoms with Crippen LogP contribution in [0.2, 0.25) is 0 Å². The zero-order valence-corrected chi connectivity index (χ0v) is 7.40. The van der Waals surface area contributed by atoms with Crippen LogP contribution in [0.5, 0.6) is 0 Å². The van der Waals surface area contributed by atoms with Gasteiger partial charge >= 0.3 is 5.97 Å². The Morgan fingerprint density at radius 2 is 2.43 bits per heavy atom. The van der Waals surface area contributed by atoms with Crippen LogP contribution in [0.25, 0.3) is 6.08 Å². The maximum absolute atomic E-state index is 12.7. The topological polar surface area (TPSA) is 51.5 Å². The third-order valence-electron chi connectivity index (χ3n) is 1.90. The van der Waals surface area contributed by atoms with E-state index in [2.05, 4.69) is 14.7 Å². The monoisotopic (exact) mass is 194 g/mol. The Morgan fingerprint density at radius 1 is 1.64 bits per heavy atom. The third-order valence-corrected chi connectivity index (χ3v) is 1.90. The minimum absolute atomic E-state index is 0.377. The standard InChI is InChI=1S/C9H7FN2O2/c1-14-9(13)7-3-5-2-6(10)4-11-8(5)12-7/h2-4,7H,1H3/t7-/m0/s1. The molecule has 4 nitrogen and oxygen atoms in total. The quantitative estimate of drug-likeness (QED) is 0.548. The van der Waals surface area contributed by atoms with Crippen molar-refractivity contribution in [3.05, 3.63) is 28.8 Å². The molecule has 2 rings (SSSR count). The highest BCUT2D eigenvalue weighted by molar-refractivity contribution is 5.83. The van der Waals surface area contributed by atoms with Gasteiger partial charge in [0, 0.05) is 5.22 Å². The Labute approximate surface area is 78.8 Å². The van der Waals surface area contributed by atoms with Gasteiger partial charge in [-0.05, 0) is 12.1 Å². The van der Waals surface area contributed by atoms with Crippen molar-refractivity contribution < 1.29 is 13.9 Å². The van der Waals surface area contributed by atoms with Gasteiger partial charge in [-0.3, -0.25) is 0 Å². The molecule has 5 heteroatoms. The van der Waals surface area contributed by atoms with Gasteiger partial charge in [-0.15, -0.1) is 0 Å². The summed E-state index contributed by atoms with van der Waals surface area (Å²) < 4.78 is 17.2. The summed E-state index contributed by atoms with van der Waals surface area (Å²) in [7, 11) is 1.28. The second-order valence-electron chi connectivity index (χ2n) is 2.83. The van der Waals surface area contributed by atoms with Crippen LogP contribution >= 0.6 is 0 Å². The lowest BCUT2D eigenvalue weighted by Crippen LogP contribution is -2.25. The summed E-state index contributed by atoms with van der Waals surface area (Å²) in [4.78, 5) is 18.8. The second kappa shape index (κ2) is 3.17. The average molecular weight is 194 g/mol. The fraction of sp³-hybridized carbons (Fsp3) is 0.222. The van der Waals surface area contributed by atoms with Gasteiger partial charge in [-0.2, -0.15) is 0 Å². The van der Waals surface area contributed by atoms with Crippen molar-refractivity contribution in [2.24, 2.45) is 4.99 Å². The van der Waals surface area contributed by atoms with Gasteiger partial charge in [-0.1, -0.05) is 0 Å². The fourth-order valence-corrected chi connectivity index (χ4v) is 1.26. The number of halogens is 1. The van der Waals surface area contributed by atoms with Crippen LogP contribution in [0.15, 0.2) is 17.3 Å². The molecule has 0 amide bonds. The lowest BCUT2D eigenvalue weighted by molar-refractivity contribution is -0.140. The van der Waals surface area contributed by atoms with Crippen LogP contribution in [0.4, 0.5) is 4.39 Å². The molecule has 0 fully saturated rings. The second-order valence-corrected chi connectivity index (χ2v) is 2.83. The van der Waals surface area contributed by atoms with E-state index in [0.29, 0.717) is 10.7 Å². The summed E-state index contributed by atoms with van der Waals surface area (Å²) in [5, 5.41) is 0.528. The Balaban J connectivity index is 2.48. The molecular formula is C9H7FN2O2. The summed E-state index contributed by atoms with van der Waals surface area (Å²) in [5.74, 6) is -0.913. The summed E-state index contributed by atoms with van der Waals surface area (Å²) >= 11 is 0. The van der Waals surface area contributed by atoms with E-state index in [9.17, 15) is 9.18 Å². The lowest BCUT2D eigenvalue weighted by atomic mass is 10.3. The molecule has 1 aromatic heterocycles. The van der Waals surface area contributed by atoms with Crippen molar-refractivity contribution in [1.82, 2.24) is 4.98 Å². The van der Waals surface area contributed by atoms with Gasteiger partial charge in [0.25, 0.3) is 0 Å². The smallest absolute Gasteiger partial charge is 0.334 e. The van der Waals surface area contributed by atoms with Gasteiger partial charge in [-0.25, -0.2) is 19.2 Å². The lowest BCUT2D eigenvalue weighted by Gasteiger charge is -1.99. The van der Waals surface area contributed by atoms with E-state index in [1.165, 1.54) is 19.3 Å². The Hall–Kier alpha value is -1.78. The van der Waals surface area contributed by atoms with Gasteiger partial charge < -0.3 is 4.74 Å². The first-order valence-electron chi connectivity index (χ1n) is 4.00. The molecule has 0 saturated carbocycles. The van der Waals surface area contributed by atoms with E-state index in [0.717, 1.165) is 6.20 Å². The number of methoxy groups -OCH3 is 1. The molecule has 1 aliphatic heterocycles.